The van der Waals surface area contributed by atoms with Crippen molar-refractivity contribution in [2.24, 2.45) is 0 Å². The normalized spacial score (nSPS) is 16.5. The molecule has 128 valence electrons. The molecule has 0 spiro atoms. The van der Waals surface area contributed by atoms with E-state index in [0.717, 1.165) is 39.1 Å². The van der Waals surface area contributed by atoms with Crippen LogP contribution in [0.5, 0.6) is 5.75 Å². The number of hydrogen-bond donors (Lipinski definition) is 0. The van der Waals surface area contributed by atoms with Crippen molar-refractivity contribution in [3.05, 3.63) is 75.9 Å². The van der Waals surface area contributed by atoms with Crippen LogP contribution in [-0.2, 0) is 11.8 Å². The van der Waals surface area contributed by atoms with Crippen LogP contribution in [0.2, 0.25) is 0 Å². The van der Waals surface area contributed by atoms with Crippen LogP contribution >= 0.6 is 0 Å². The Balaban J connectivity index is 1.97. The molecule has 3 heteroatoms. The quantitative estimate of drug-likeness (QED) is 0.796. The molecule has 0 aliphatic heterocycles. The Morgan fingerprint density at radius 2 is 2.00 bits per heavy atom. The molecule has 0 N–H and O–H groups in total. The predicted octanol–water partition coefficient (Wildman–Crippen LogP) is 4.69. The van der Waals surface area contributed by atoms with Gasteiger partial charge in [-0.2, -0.15) is 5.26 Å². The molecule has 0 aromatic heterocycles. The average Bonchev–Trinajstić information content (AvgIpc) is 3.05. The zero-order valence-electron chi connectivity index (χ0n) is 15.1. The number of rotatable bonds is 2. The fraction of sp³-hybridized carbons (Fsp3) is 0.217. The summed E-state index contributed by atoms with van der Waals surface area (Å²) >= 11 is 0. The standard InChI is InChI=1S/C23H19NO2/c1-5-14-9-17-18(11-20(14)26-4)23(2,3)19-10-15-8-13(12-24)6-7-16(15)21(19)22(17)25/h5-9,11H,1,10H2,2-4H3. The highest BCUT2D eigenvalue weighted by molar-refractivity contribution is 6.33. The van der Waals surface area contributed by atoms with Gasteiger partial charge in [0, 0.05) is 22.1 Å². The minimum Gasteiger partial charge on any atom is -0.496 e. The van der Waals surface area contributed by atoms with Gasteiger partial charge in [-0.15, -0.1) is 0 Å². The van der Waals surface area contributed by atoms with E-state index < -0.39 is 0 Å². The monoisotopic (exact) mass is 341 g/mol. The van der Waals surface area contributed by atoms with Gasteiger partial charge >= 0.3 is 0 Å². The molecule has 0 saturated carbocycles. The number of hydrogen-bond acceptors (Lipinski definition) is 3. The maximum atomic E-state index is 13.4. The van der Waals surface area contributed by atoms with Crippen LogP contribution in [0.25, 0.3) is 11.6 Å². The van der Waals surface area contributed by atoms with Gasteiger partial charge in [0.2, 0.25) is 0 Å². The molecule has 0 bridgehead atoms. The van der Waals surface area contributed by atoms with Gasteiger partial charge in [-0.1, -0.05) is 32.6 Å². The topological polar surface area (TPSA) is 50.1 Å². The number of ether oxygens (including phenoxy) is 1. The van der Waals surface area contributed by atoms with Crippen molar-refractivity contribution in [3.8, 4) is 11.8 Å². The van der Waals surface area contributed by atoms with Gasteiger partial charge in [-0.05, 0) is 52.9 Å². The Morgan fingerprint density at radius 1 is 1.23 bits per heavy atom. The maximum absolute atomic E-state index is 13.4. The summed E-state index contributed by atoms with van der Waals surface area (Å²) in [6, 6.07) is 11.6. The first-order valence-corrected chi connectivity index (χ1v) is 8.59. The van der Waals surface area contributed by atoms with Gasteiger partial charge in [0.1, 0.15) is 5.75 Å². The van der Waals surface area contributed by atoms with Gasteiger partial charge in [0.25, 0.3) is 0 Å². The van der Waals surface area contributed by atoms with E-state index in [4.69, 9.17) is 4.74 Å². The van der Waals surface area contributed by atoms with Crippen LogP contribution < -0.4 is 4.74 Å². The lowest BCUT2D eigenvalue weighted by Crippen LogP contribution is -2.30. The maximum Gasteiger partial charge on any atom is 0.193 e. The predicted molar refractivity (Wildman–Crippen MR) is 102 cm³/mol. The third kappa shape index (κ3) is 2.02. The first-order chi connectivity index (χ1) is 12.4. The van der Waals surface area contributed by atoms with Crippen LogP contribution in [0.4, 0.5) is 0 Å². The van der Waals surface area contributed by atoms with E-state index in [2.05, 4.69) is 26.5 Å². The third-order valence-electron chi connectivity index (χ3n) is 5.66. The molecule has 0 fully saturated rings. The molecule has 0 radical (unpaired) electrons. The summed E-state index contributed by atoms with van der Waals surface area (Å²) in [5, 5.41) is 9.19. The highest BCUT2D eigenvalue weighted by atomic mass is 16.5. The summed E-state index contributed by atoms with van der Waals surface area (Å²) in [6.07, 6.45) is 2.41. The van der Waals surface area contributed by atoms with E-state index in [1.165, 1.54) is 0 Å². The molecule has 2 aromatic carbocycles. The molecular formula is C23H19NO2. The fourth-order valence-electron chi connectivity index (χ4n) is 4.22. The molecule has 0 amide bonds. The van der Waals surface area contributed by atoms with Crippen LogP contribution in [-0.4, -0.2) is 12.9 Å². The zero-order chi connectivity index (χ0) is 18.6. The third-order valence-corrected chi connectivity index (χ3v) is 5.66. The second-order valence-corrected chi connectivity index (χ2v) is 7.31. The lowest BCUT2D eigenvalue weighted by atomic mass is 9.68. The van der Waals surface area contributed by atoms with Crippen molar-refractivity contribution < 1.29 is 9.53 Å². The van der Waals surface area contributed by atoms with Crippen molar-refractivity contribution >= 4 is 17.4 Å². The Labute approximate surface area is 153 Å². The Morgan fingerprint density at radius 3 is 2.65 bits per heavy atom. The number of ketones is 1. The summed E-state index contributed by atoms with van der Waals surface area (Å²) in [4.78, 5) is 13.4. The molecule has 0 saturated heterocycles. The molecule has 0 unspecified atom stereocenters. The van der Waals surface area contributed by atoms with Crippen LogP contribution in [0.3, 0.4) is 0 Å². The summed E-state index contributed by atoms with van der Waals surface area (Å²) in [5.41, 5.74) is 6.77. The summed E-state index contributed by atoms with van der Waals surface area (Å²) < 4.78 is 5.50. The first-order valence-electron chi connectivity index (χ1n) is 8.59. The highest BCUT2D eigenvalue weighted by Crippen LogP contribution is 2.50. The molecule has 0 atom stereocenters. The molecule has 0 heterocycles. The van der Waals surface area contributed by atoms with Crippen molar-refractivity contribution in [3.63, 3.8) is 0 Å². The van der Waals surface area contributed by atoms with Gasteiger partial charge in [0.05, 0.1) is 18.7 Å². The number of benzene rings is 2. The number of methoxy groups -OCH3 is 1. The van der Waals surface area contributed by atoms with Crippen LogP contribution in [0.15, 0.2) is 42.5 Å². The van der Waals surface area contributed by atoms with E-state index >= 15 is 0 Å². The summed E-state index contributed by atoms with van der Waals surface area (Å²) in [6.45, 7) is 8.14. The SMILES string of the molecule is C=Cc1cc2c(cc1OC)C(C)(C)C1=C(C2=O)c2ccc(C#N)cc2C1. The van der Waals surface area contributed by atoms with Crippen molar-refractivity contribution in [2.75, 3.05) is 7.11 Å². The molecular weight excluding hydrogens is 322 g/mol. The summed E-state index contributed by atoms with van der Waals surface area (Å²) in [5.74, 6) is 0.773. The van der Waals surface area contributed by atoms with Crippen LogP contribution in [0, 0.1) is 11.3 Å². The van der Waals surface area contributed by atoms with E-state index in [9.17, 15) is 10.1 Å². The number of nitriles is 1. The van der Waals surface area contributed by atoms with Gasteiger partial charge in [-0.25, -0.2) is 0 Å². The number of fused-ring (bicyclic) bond motifs is 3. The first kappa shape index (κ1) is 16.4. The van der Waals surface area contributed by atoms with Crippen molar-refractivity contribution in [2.45, 2.75) is 25.7 Å². The largest absolute Gasteiger partial charge is 0.496 e. The van der Waals surface area contributed by atoms with Gasteiger partial charge in [0.15, 0.2) is 5.78 Å². The van der Waals surface area contributed by atoms with Crippen LogP contribution in [0.1, 0.15) is 52.0 Å². The number of allylic oxidation sites excluding steroid dienone is 2. The van der Waals surface area contributed by atoms with E-state index in [0.29, 0.717) is 17.5 Å². The smallest absolute Gasteiger partial charge is 0.193 e. The molecule has 2 aliphatic rings. The number of carbonyl (C=O) groups excluding carboxylic acids is 1. The average molecular weight is 341 g/mol. The lowest BCUT2D eigenvalue weighted by molar-refractivity contribution is 0.105. The van der Waals surface area contributed by atoms with Crippen molar-refractivity contribution in [1.82, 2.24) is 0 Å². The Bertz CT molecular complexity index is 1060. The Kier molecular flexibility index (Phi) is 3.42. The summed E-state index contributed by atoms with van der Waals surface area (Å²) in [7, 11) is 1.63. The molecule has 26 heavy (non-hydrogen) atoms. The Hall–Kier alpha value is -3.12. The second-order valence-electron chi connectivity index (χ2n) is 7.31. The van der Waals surface area contributed by atoms with Gasteiger partial charge < -0.3 is 4.74 Å². The fourth-order valence-corrected chi connectivity index (χ4v) is 4.22. The van der Waals surface area contributed by atoms with E-state index in [1.807, 2.05) is 24.3 Å². The minimum atomic E-state index is -0.294. The van der Waals surface area contributed by atoms with Crippen molar-refractivity contribution in [1.29, 1.82) is 5.26 Å². The number of nitrogens with zero attached hydrogens (tertiary/aromatic N) is 1. The molecule has 2 aliphatic carbocycles. The number of carbonyl (C=O) groups is 1. The van der Waals surface area contributed by atoms with E-state index in [-0.39, 0.29) is 11.2 Å². The molecule has 4 rings (SSSR count). The molecule has 3 nitrogen and oxygen atoms in total. The molecule has 2 aromatic rings. The van der Waals surface area contributed by atoms with Gasteiger partial charge in [-0.3, -0.25) is 4.79 Å². The minimum absolute atomic E-state index is 0.0449. The second kappa shape index (κ2) is 5.44. The zero-order valence-corrected chi connectivity index (χ0v) is 15.1. The lowest BCUT2D eigenvalue weighted by Gasteiger charge is -2.35. The van der Waals surface area contributed by atoms with E-state index in [1.54, 1.807) is 19.3 Å². The number of Topliss-reactive ketones (excluding diaryl/α,β-unsaturated/α-hetero) is 1. The highest BCUT2D eigenvalue weighted by Gasteiger charge is 2.43.